The van der Waals surface area contributed by atoms with E-state index in [9.17, 15) is 0 Å². The van der Waals surface area contributed by atoms with Crippen molar-refractivity contribution in [2.75, 3.05) is 30.4 Å². The van der Waals surface area contributed by atoms with E-state index in [0.717, 1.165) is 48.4 Å². The second-order valence-electron chi connectivity index (χ2n) is 5.45. The summed E-state index contributed by atoms with van der Waals surface area (Å²) >= 11 is 0. The smallest absolute Gasteiger partial charge is 0.135 e. The third-order valence-corrected chi connectivity index (χ3v) is 3.79. The highest BCUT2D eigenvalue weighted by Gasteiger charge is 2.27. The molecule has 1 aliphatic heterocycles. The van der Waals surface area contributed by atoms with Gasteiger partial charge in [0.1, 0.15) is 23.8 Å². The molecule has 0 amide bonds. The van der Waals surface area contributed by atoms with Gasteiger partial charge in [0, 0.05) is 49.6 Å². The Labute approximate surface area is 124 Å². The first-order chi connectivity index (χ1) is 10.2. The summed E-state index contributed by atoms with van der Waals surface area (Å²) in [5.41, 5.74) is 1.99. The zero-order valence-corrected chi connectivity index (χ0v) is 12.7. The molecule has 1 fully saturated rings. The fourth-order valence-corrected chi connectivity index (χ4v) is 2.69. The molecule has 3 heterocycles. The fraction of sp³-hybridized carbons (Fsp3) is 0.467. The van der Waals surface area contributed by atoms with Crippen LogP contribution in [0, 0.1) is 13.8 Å². The Bertz CT molecular complexity index is 642. The van der Waals surface area contributed by atoms with Crippen molar-refractivity contribution in [1.29, 1.82) is 0 Å². The molecule has 0 spiro atoms. The van der Waals surface area contributed by atoms with Crippen molar-refractivity contribution in [3.8, 4) is 0 Å². The molecule has 3 rings (SSSR count). The maximum atomic E-state index is 4.60. The van der Waals surface area contributed by atoms with Crippen molar-refractivity contribution in [2.24, 2.45) is 0 Å². The summed E-state index contributed by atoms with van der Waals surface area (Å²) in [4.78, 5) is 20.0. The summed E-state index contributed by atoms with van der Waals surface area (Å²) in [5, 5.41) is 3.10. The molecule has 1 atom stereocenters. The van der Waals surface area contributed by atoms with Gasteiger partial charge in [0.2, 0.25) is 0 Å². The number of aryl methyl sites for hydroxylation is 2. The van der Waals surface area contributed by atoms with Gasteiger partial charge in [-0.05, 0) is 20.3 Å². The SMILES string of the molecule is CNc1cc(C)nc([C@H]2CCN(c3cc(C)ncn3)C2)n1. The second kappa shape index (κ2) is 5.63. The lowest BCUT2D eigenvalue weighted by atomic mass is 10.1. The van der Waals surface area contributed by atoms with Crippen LogP contribution in [0.1, 0.15) is 29.6 Å². The average molecular weight is 284 g/mol. The minimum absolute atomic E-state index is 0.354. The third kappa shape index (κ3) is 2.94. The van der Waals surface area contributed by atoms with Crippen molar-refractivity contribution < 1.29 is 0 Å². The lowest BCUT2D eigenvalue weighted by Gasteiger charge is -2.17. The number of anilines is 2. The minimum Gasteiger partial charge on any atom is -0.373 e. The molecule has 6 nitrogen and oxygen atoms in total. The number of rotatable bonds is 3. The number of nitrogens with zero attached hydrogens (tertiary/aromatic N) is 5. The summed E-state index contributed by atoms with van der Waals surface area (Å²) < 4.78 is 0. The quantitative estimate of drug-likeness (QED) is 0.929. The number of nitrogens with one attached hydrogen (secondary N) is 1. The van der Waals surface area contributed by atoms with Gasteiger partial charge in [-0.15, -0.1) is 0 Å². The highest BCUT2D eigenvalue weighted by molar-refractivity contribution is 5.42. The first-order valence-corrected chi connectivity index (χ1v) is 7.22. The Morgan fingerprint density at radius 2 is 2.00 bits per heavy atom. The summed E-state index contributed by atoms with van der Waals surface area (Å²) in [7, 11) is 1.89. The van der Waals surface area contributed by atoms with Crippen LogP contribution in [0.25, 0.3) is 0 Å². The van der Waals surface area contributed by atoms with Gasteiger partial charge >= 0.3 is 0 Å². The van der Waals surface area contributed by atoms with E-state index in [0.29, 0.717) is 5.92 Å². The van der Waals surface area contributed by atoms with Crippen molar-refractivity contribution in [1.82, 2.24) is 19.9 Å². The molecule has 1 saturated heterocycles. The molecular weight excluding hydrogens is 264 g/mol. The summed E-state index contributed by atoms with van der Waals surface area (Å²) in [6.07, 6.45) is 2.68. The summed E-state index contributed by atoms with van der Waals surface area (Å²) in [5.74, 6) is 3.15. The van der Waals surface area contributed by atoms with Crippen LogP contribution in [-0.2, 0) is 0 Å². The van der Waals surface area contributed by atoms with Gasteiger partial charge in [-0.3, -0.25) is 0 Å². The lowest BCUT2D eigenvalue weighted by molar-refractivity contribution is 0.705. The lowest BCUT2D eigenvalue weighted by Crippen LogP contribution is -2.21. The van der Waals surface area contributed by atoms with E-state index in [1.165, 1.54) is 0 Å². The van der Waals surface area contributed by atoms with Crippen molar-refractivity contribution in [3.05, 3.63) is 35.7 Å². The van der Waals surface area contributed by atoms with Crippen molar-refractivity contribution in [2.45, 2.75) is 26.2 Å². The van der Waals surface area contributed by atoms with Crippen LogP contribution in [0.3, 0.4) is 0 Å². The molecule has 0 unspecified atom stereocenters. The standard InChI is InChI=1S/C15H20N6/c1-10-7-14(18-9-17-10)21-5-4-12(8-21)15-19-11(2)6-13(16-3)20-15/h6-7,9,12H,4-5,8H2,1-3H3,(H,16,19,20)/t12-/m0/s1. The molecule has 0 bridgehead atoms. The summed E-state index contributed by atoms with van der Waals surface area (Å²) in [6, 6.07) is 3.99. The van der Waals surface area contributed by atoms with Crippen LogP contribution in [0.5, 0.6) is 0 Å². The first-order valence-electron chi connectivity index (χ1n) is 7.22. The minimum atomic E-state index is 0.354. The van der Waals surface area contributed by atoms with Crippen LogP contribution in [0.2, 0.25) is 0 Å². The molecule has 6 heteroatoms. The van der Waals surface area contributed by atoms with E-state index in [1.807, 2.05) is 33.0 Å². The van der Waals surface area contributed by atoms with Crippen LogP contribution in [0.15, 0.2) is 18.5 Å². The molecule has 110 valence electrons. The van der Waals surface area contributed by atoms with E-state index >= 15 is 0 Å². The molecule has 1 N–H and O–H groups in total. The monoisotopic (exact) mass is 284 g/mol. The molecule has 21 heavy (non-hydrogen) atoms. The maximum Gasteiger partial charge on any atom is 0.135 e. The largest absolute Gasteiger partial charge is 0.373 e. The second-order valence-corrected chi connectivity index (χ2v) is 5.45. The van der Waals surface area contributed by atoms with Gasteiger partial charge in [-0.25, -0.2) is 19.9 Å². The van der Waals surface area contributed by atoms with E-state index in [-0.39, 0.29) is 0 Å². The molecular formula is C15H20N6. The van der Waals surface area contributed by atoms with Crippen molar-refractivity contribution >= 4 is 11.6 Å². The zero-order chi connectivity index (χ0) is 14.8. The van der Waals surface area contributed by atoms with Gasteiger partial charge in [-0.2, -0.15) is 0 Å². The van der Waals surface area contributed by atoms with Gasteiger partial charge in [0.05, 0.1) is 0 Å². The molecule has 0 aromatic carbocycles. The predicted molar refractivity (Wildman–Crippen MR) is 82.7 cm³/mol. The highest BCUT2D eigenvalue weighted by atomic mass is 15.2. The highest BCUT2D eigenvalue weighted by Crippen LogP contribution is 2.28. The summed E-state index contributed by atoms with van der Waals surface area (Å²) in [6.45, 7) is 5.88. The Morgan fingerprint density at radius 3 is 2.76 bits per heavy atom. The Balaban J connectivity index is 1.79. The number of hydrogen-bond donors (Lipinski definition) is 1. The number of hydrogen-bond acceptors (Lipinski definition) is 6. The number of aromatic nitrogens is 4. The molecule has 1 aliphatic rings. The van der Waals surface area contributed by atoms with E-state index in [4.69, 9.17) is 0 Å². The van der Waals surface area contributed by atoms with Crippen LogP contribution < -0.4 is 10.2 Å². The van der Waals surface area contributed by atoms with Crippen LogP contribution in [-0.4, -0.2) is 40.1 Å². The van der Waals surface area contributed by atoms with Crippen molar-refractivity contribution in [3.63, 3.8) is 0 Å². The predicted octanol–water partition coefficient (Wildman–Crippen LogP) is 1.92. The maximum absolute atomic E-state index is 4.60. The van der Waals surface area contributed by atoms with Crippen LogP contribution in [0.4, 0.5) is 11.6 Å². The Kier molecular flexibility index (Phi) is 3.68. The van der Waals surface area contributed by atoms with Gasteiger partial charge < -0.3 is 10.2 Å². The fourth-order valence-electron chi connectivity index (χ4n) is 2.69. The Hall–Kier alpha value is -2.24. The van der Waals surface area contributed by atoms with Crippen LogP contribution >= 0.6 is 0 Å². The first kappa shape index (κ1) is 13.7. The normalized spacial score (nSPS) is 18.0. The average Bonchev–Trinajstić information content (AvgIpc) is 2.96. The van der Waals surface area contributed by atoms with Gasteiger partial charge in [0.15, 0.2) is 0 Å². The molecule has 2 aromatic rings. The molecule has 0 saturated carbocycles. The Morgan fingerprint density at radius 1 is 1.14 bits per heavy atom. The molecule has 0 radical (unpaired) electrons. The van der Waals surface area contributed by atoms with E-state index in [1.54, 1.807) is 6.33 Å². The third-order valence-electron chi connectivity index (χ3n) is 3.79. The molecule has 2 aromatic heterocycles. The topological polar surface area (TPSA) is 66.8 Å². The zero-order valence-electron chi connectivity index (χ0n) is 12.7. The van der Waals surface area contributed by atoms with E-state index < -0.39 is 0 Å². The van der Waals surface area contributed by atoms with Gasteiger partial charge in [-0.1, -0.05) is 0 Å². The molecule has 0 aliphatic carbocycles. The van der Waals surface area contributed by atoms with E-state index in [2.05, 4.69) is 30.2 Å². The van der Waals surface area contributed by atoms with Gasteiger partial charge in [0.25, 0.3) is 0 Å².